The maximum Gasteiger partial charge on any atom is 0.341 e. The Morgan fingerprint density at radius 3 is 2.87 bits per heavy atom. The molecule has 1 aromatic carbocycles. The van der Waals surface area contributed by atoms with Crippen molar-refractivity contribution in [2.45, 2.75) is 26.1 Å². The van der Waals surface area contributed by atoms with E-state index in [1.165, 1.54) is 11.3 Å². The normalized spacial score (nSPS) is 15.9. The van der Waals surface area contributed by atoms with Crippen molar-refractivity contribution in [3.05, 3.63) is 51.9 Å². The van der Waals surface area contributed by atoms with Crippen LogP contribution in [0.15, 0.2) is 30.3 Å². The fraction of sp³-hybridized carbons (Fsp3) is 0.353. The molecule has 6 heteroatoms. The smallest absolute Gasteiger partial charge is 0.341 e. The summed E-state index contributed by atoms with van der Waals surface area (Å²) < 4.78 is 5.10. The monoisotopic (exact) mass is 332 g/mol. The standard InChI is InChI=1S/C17H20N2O3S/c1-2-22-17(21)14-12-8-9-19(10-13(12)23-15(14)18)16(20)11-6-4-3-5-7-11/h3-7,16,20H,2,8-10,18H2,1H3. The lowest BCUT2D eigenvalue weighted by atomic mass is 10.0. The average Bonchev–Trinajstić information content (AvgIpc) is 2.90. The van der Waals surface area contributed by atoms with E-state index >= 15 is 0 Å². The number of hydrogen-bond donors (Lipinski definition) is 2. The molecule has 0 fully saturated rings. The number of nitrogens with zero attached hydrogens (tertiary/aromatic N) is 1. The predicted molar refractivity (Wildman–Crippen MR) is 90.2 cm³/mol. The van der Waals surface area contributed by atoms with Gasteiger partial charge in [0.15, 0.2) is 0 Å². The molecule has 0 saturated heterocycles. The third-order valence-corrected chi connectivity index (χ3v) is 5.08. The van der Waals surface area contributed by atoms with Gasteiger partial charge in [-0.1, -0.05) is 30.3 Å². The minimum Gasteiger partial charge on any atom is -0.462 e. The highest BCUT2D eigenvalue weighted by Crippen LogP contribution is 2.37. The molecule has 0 radical (unpaired) electrons. The zero-order valence-electron chi connectivity index (χ0n) is 13.0. The number of carbonyl (C=O) groups is 1. The Morgan fingerprint density at radius 2 is 2.17 bits per heavy atom. The molecule has 5 nitrogen and oxygen atoms in total. The number of aliphatic hydroxyl groups is 1. The largest absolute Gasteiger partial charge is 0.462 e. The van der Waals surface area contributed by atoms with Crippen LogP contribution in [0.25, 0.3) is 0 Å². The van der Waals surface area contributed by atoms with Crippen molar-refractivity contribution in [2.24, 2.45) is 0 Å². The molecule has 0 saturated carbocycles. The van der Waals surface area contributed by atoms with Crippen LogP contribution in [0.4, 0.5) is 5.00 Å². The van der Waals surface area contributed by atoms with Gasteiger partial charge in [-0.2, -0.15) is 0 Å². The van der Waals surface area contributed by atoms with Crippen molar-refractivity contribution < 1.29 is 14.6 Å². The Hall–Kier alpha value is -1.89. The number of anilines is 1. The lowest BCUT2D eigenvalue weighted by Gasteiger charge is -2.31. The number of nitrogens with two attached hydrogens (primary N) is 1. The third kappa shape index (κ3) is 3.10. The molecule has 1 aromatic heterocycles. The number of nitrogen functional groups attached to an aromatic ring is 1. The summed E-state index contributed by atoms with van der Waals surface area (Å²) in [7, 11) is 0. The Bertz CT molecular complexity index is 699. The highest BCUT2D eigenvalue weighted by Gasteiger charge is 2.30. The van der Waals surface area contributed by atoms with Gasteiger partial charge >= 0.3 is 5.97 Å². The number of esters is 1. The Labute approximate surface area is 139 Å². The van der Waals surface area contributed by atoms with Crippen molar-refractivity contribution in [3.8, 4) is 0 Å². The zero-order chi connectivity index (χ0) is 16.4. The van der Waals surface area contributed by atoms with Crippen LogP contribution in [0.1, 0.15) is 39.5 Å². The lowest BCUT2D eigenvalue weighted by molar-refractivity contribution is -0.00699. The van der Waals surface area contributed by atoms with Crippen LogP contribution in [0.3, 0.4) is 0 Å². The molecule has 0 bridgehead atoms. The van der Waals surface area contributed by atoms with E-state index in [9.17, 15) is 9.90 Å². The molecule has 0 amide bonds. The fourth-order valence-corrected chi connectivity index (χ4v) is 4.05. The molecule has 1 atom stereocenters. The summed E-state index contributed by atoms with van der Waals surface area (Å²) in [6, 6.07) is 9.57. The number of hydrogen-bond acceptors (Lipinski definition) is 6. The van der Waals surface area contributed by atoms with Crippen LogP contribution in [-0.4, -0.2) is 29.1 Å². The summed E-state index contributed by atoms with van der Waals surface area (Å²) in [5.41, 5.74) is 8.38. The van der Waals surface area contributed by atoms with E-state index in [1.54, 1.807) is 6.92 Å². The highest BCUT2D eigenvalue weighted by atomic mass is 32.1. The van der Waals surface area contributed by atoms with Gasteiger partial charge in [0.05, 0.1) is 12.2 Å². The number of carbonyl (C=O) groups excluding carboxylic acids is 1. The second-order valence-corrected chi connectivity index (χ2v) is 6.61. The molecule has 0 spiro atoms. The maximum absolute atomic E-state index is 12.1. The summed E-state index contributed by atoms with van der Waals surface area (Å²) >= 11 is 1.41. The Morgan fingerprint density at radius 1 is 1.43 bits per heavy atom. The van der Waals surface area contributed by atoms with Crippen molar-refractivity contribution in [3.63, 3.8) is 0 Å². The number of fused-ring (bicyclic) bond motifs is 1. The van der Waals surface area contributed by atoms with E-state index in [1.807, 2.05) is 35.2 Å². The first kappa shape index (κ1) is 16.0. The summed E-state index contributed by atoms with van der Waals surface area (Å²) in [5.74, 6) is -0.348. The van der Waals surface area contributed by atoms with E-state index in [0.717, 1.165) is 16.0 Å². The fourth-order valence-electron chi connectivity index (χ4n) is 2.92. The summed E-state index contributed by atoms with van der Waals surface area (Å²) in [6.45, 7) is 3.37. The number of aliphatic hydroxyl groups excluding tert-OH is 1. The molecule has 2 heterocycles. The van der Waals surface area contributed by atoms with Gasteiger partial charge in [0.25, 0.3) is 0 Å². The van der Waals surface area contributed by atoms with Crippen molar-refractivity contribution >= 4 is 22.3 Å². The molecule has 0 aliphatic carbocycles. The first-order valence-corrected chi connectivity index (χ1v) is 8.47. The van der Waals surface area contributed by atoms with Crippen molar-refractivity contribution in [1.29, 1.82) is 0 Å². The van der Waals surface area contributed by atoms with Crippen molar-refractivity contribution in [1.82, 2.24) is 4.90 Å². The molecule has 1 aliphatic rings. The first-order valence-electron chi connectivity index (χ1n) is 7.66. The third-order valence-electron chi connectivity index (χ3n) is 4.04. The van der Waals surface area contributed by atoms with E-state index < -0.39 is 6.23 Å². The minimum absolute atomic E-state index is 0.335. The molecule has 2 aromatic rings. The number of thiophene rings is 1. The van der Waals surface area contributed by atoms with Crippen LogP contribution >= 0.6 is 11.3 Å². The Kier molecular flexibility index (Phi) is 4.66. The molecular formula is C17H20N2O3S. The Balaban J connectivity index is 1.82. The van der Waals surface area contributed by atoms with Crippen LogP contribution in [0, 0.1) is 0 Å². The SMILES string of the molecule is CCOC(=O)c1c(N)sc2c1CCN(C(O)c1ccccc1)C2. The van der Waals surface area contributed by atoms with Crippen LogP contribution in [-0.2, 0) is 17.7 Å². The van der Waals surface area contributed by atoms with Crippen LogP contribution in [0.2, 0.25) is 0 Å². The van der Waals surface area contributed by atoms with Gasteiger partial charge in [-0.15, -0.1) is 11.3 Å². The minimum atomic E-state index is -0.654. The predicted octanol–water partition coefficient (Wildman–Crippen LogP) is 2.56. The van der Waals surface area contributed by atoms with Crippen molar-refractivity contribution in [2.75, 3.05) is 18.9 Å². The second-order valence-electron chi connectivity index (χ2n) is 5.47. The van der Waals surface area contributed by atoms with Gasteiger partial charge in [-0.25, -0.2) is 4.79 Å². The first-order chi connectivity index (χ1) is 11.1. The van der Waals surface area contributed by atoms with E-state index in [4.69, 9.17) is 10.5 Å². The van der Waals surface area contributed by atoms with E-state index in [-0.39, 0.29) is 5.97 Å². The summed E-state index contributed by atoms with van der Waals surface area (Å²) in [5, 5.41) is 11.1. The lowest BCUT2D eigenvalue weighted by Crippen LogP contribution is -2.33. The maximum atomic E-state index is 12.1. The van der Waals surface area contributed by atoms with Gasteiger partial charge in [0, 0.05) is 18.0 Å². The zero-order valence-corrected chi connectivity index (χ0v) is 13.8. The molecule has 3 rings (SSSR count). The van der Waals surface area contributed by atoms with Crippen LogP contribution in [0.5, 0.6) is 0 Å². The molecular weight excluding hydrogens is 312 g/mol. The molecule has 23 heavy (non-hydrogen) atoms. The van der Waals surface area contributed by atoms with Gasteiger partial charge in [-0.05, 0) is 24.5 Å². The number of benzene rings is 1. The summed E-state index contributed by atoms with van der Waals surface area (Å²) in [6.07, 6.45) is 0.0277. The molecule has 1 unspecified atom stereocenters. The second kappa shape index (κ2) is 6.70. The number of rotatable bonds is 4. The quantitative estimate of drug-likeness (QED) is 0.842. The molecule has 122 valence electrons. The average molecular weight is 332 g/mol. The molecule has 1 aliphatic heterocycles. The van der Waals surface area contributed by atoms with Gasteiger partial charge < -0.3 is 15.6 Å². The summed E-state index contributed by atoms with van der Waals surface area (Å²) in [4.78, 5) is 15.1. The van der Waals surface area contributed by atoms with E-state index in [0.29, 0.717) is 36.7 Å². The van der Waals surface area contributed by atoms with Gasteiger partial charge in [-0.3, -0.25) is 4.90 Å². The van der Waals surface area contributed by atoms with Crippen LogP contribution < -0.4 is 5.73 Å². The number of ether oxygens (including phenoxy) is 1. The molecule has 3 N–H and O–H groups in total. The van der Waals surface area contributed by atoms with Gasteiger partial charge in [0.2, 0.25) is 0 Å². The van der Waals surface area contributed by atoms with E-state index in [2.05, 4.69) is 0 Å². The highest BCUT2D eigenvalue weighted by molar-refractivity contribution is 7.16. The topological polar surface area (TPSA) is 75.8 Å². The van der Waals surface area contributed by atoms with Gasteiger partial charge in [0.1, 0.15) is 11.2 Å².